The fraction of sp³-hybridized carbons (Fsp3) is 0.522. The van der Waals surface area contributed by atoms with Gasteiger partial charge in [0, 0.05) is 29.4 Å². The molecule has 63 heavy (non-hydrogen) atoms. The van der Waals surface area contributed by atoms with Gasteiger partial charge < -0.3 is 29.7 Å². The van der Waals surface area contributed by atoms with E-state index >= 15 is 0 Å². The lowest BCUT2D eigenvalue weighted by molar-refractivity contribution is -0.141. The molecule has 4 fully saturated rings. The molecule has 3 saturated carbocycles. The molecule has 4 amide bonds. The van der Waals surface area contributed by atoms with Gasteiger partial charge in [0.05, 0.1) is 29.1 Å². The Hall–Kier alpha value is -5.71. The second-order valence-corrected chi connectivity index (χ2v) is 19.9. The predicted molar refractivity (Wildman–Crippen MR) is 233 cm³/mol. The minimum absolute atomic E-state index is 0.00332. The molecule has 4 aromatic rings. The van der Waals surface area contributed by atoms with E-state index in [1.54, 1.807) is 10.6 Å². The van der Waals surface area contributed by atoms with Crippen LogP contribution in [0.15, 0.2) is 66.7 Å². The number of hydrogen-bond acceptors (Lipinski definition) is 11. The van der Waals surface area contributed by atoms with Crippen LogP contribution in [-0.4, -0.2) is 99.5 Å². The highest BCUT2D eigenvalue weighted by Gasteiger charge is 2.62. The summed E-state index contributed by atoms with van der Waals surface area (Å²) >= 11 is 0. The Morgan fingerprint density at radius 3 is 2.46 bits per heavy atom. The largest absolute Gasteiger partial charge is 0.491 e. The van der Waals surface area contributed by atoms with E-state index in [1.165, 1.54) is 4.90 Å². The number of fused-ring (bicyclic) bond motifs is 5. The van der Waals surface area contributed by atoms with Crippen LogP contribution in [0.4, 0.5) is 4.79 Å². The van der Waals surface area contributed by atoms with Gasteiger partial charge in [0.25, 0.3) is 5.91 Å². The van der Waals surface area contributed by atoms with Crippen LogP contribution in [0, 0.1) is 5.92 Å². The highest BCUT2D eigenvalue weighted by molar-refractivity contribution is 7.91. The van der Waals surface area contributed by atoms with Gasteiger partial charge in [-0.15, -0.1) is 0 Å². The normalized spacial score (nSPS) is 26.3. The summed E-state index contributed by atoms with van der Waals surface area (Å²) in [6.07, 6.45) is 10.0. The maximum Gasteiger partial charge on any atom is 0.408 e. The smallest absolute Gasteiger partial charge is 0.408 e. The molecule has 2 aromatic carbocycles. The van der Waals surface area contributed by atoms with Gasteiger partial charge in [-0.25, -0.2) is 18.2 Å². The number of carbonyl (C=O) groups is 4. The summed E-state index contributed by atoms with van der Waals surface area (Å²) < 4.78 is 48.2. The van der Waals surface area contributed by atoms with Crippen LogP contribution in [0.3, 0.4) is 0 Å². The standard InChI is InChI=1S/C46H55N7O9S/c1-28(2)60-32-20-18-29(19-21-32)38-25-40(53-41(47-38)35-15-10-11-16-36(35)50-53)61-33-24-39-42(54)49-46(44(56)51-63(58,59)34-22-23-34)26-30(46)12-6-4-3-5-7-17-37(43(55)52(39)27-33)48-45(57)62-31-13-8-9-14-31/h6,10-12,15-16,18-21,25,28,30-31,33-34,37,39H,3-5,7-9,13-14,17,22-24,26-27H2,1-2H3,(H,48,57)(H,49,54)(H,51,56)/b12-6-/t30-,33-,37+,39+,46-/m1/s1. The number of rotatable bonds is 10. The zero-order valence-electron chi connectivity index (χ0n) is 35.7. The van der Waals surface area contributed by atoms with E-state index < -0.39 is 68.7 Å². The van der Waals surface area contributed by atoms with Crippen molar-refractivity contribution in [1.29, 1.82) is 0 Å². The summed E-state index contributed by atoms with van der Waals surface area (Å²) in [5.74, 6) is -1.29. The Balaban J connectivity index is 1.05. The molecule has 3 N–H and O–H groups in total. The number of nitrogens with zero attached hydrogens (tertiary/aromatic N) is 4. The Morgan fingerprint density at radius 1 is 0.937 bits per heavy atom. The lowest BCUT2D eigenvalue weighted by atomic mass is 10.0. The molecule has 0 bridgehead atoms. The summed E-state index contributed by atoms with van der Waals surface area (Å²) in [6.45, 7) is 3.89. The molecule has 1 saturated heterocycles. The number of hydrogen-bond donors (Lipinski definition) is 3. The molecular weight excluding hydrogens is 827 g/mol. The third kappa shape index (κ3) is 9.20. The number of aromatic nitrogens is 3. The van der Waals surface area contributed by atoms with E-state index in [1.807, 2.05) is 74.5 Å². The van der Waals surface area contributed by atoms with Crippen molar-refractivity contribution in [3.8, 4) is 22.9 Å². The molecule has 2 aliphatic heterocycles. The van der Waals surface area contributed by atoms with Crippen LogP contribution in [-0.2, 0) is 29.1 Å². The topological polar surface area (TPSA) is 200 Å². The number of alkyl carbamates (subject to hydrolysis) is 1. The molecule has 334 valence electrons. The van der Waals surface area contributed by atoms with Crippen LogP contribution in [0.1, 0.15) is 97.3 Å². The van der Waals surface area contributed by atoms with Gasteiger partial charge in [-0.2, -0.15) is 9.61 Å². The third-order valence-electron chi connectivity index (χ3n) is 12.8. The molecule has 5 aliphatic rings. The second kappa shape index (κ2) is 17.5. The zero-order valence-corrected chi connectivity index (χ0v) is 36.5. The molecule has 9 rings (SSSR count). The van der Waals surface area contributed by atoms with Crippen molar-refractivity contribution < 1.29 is 41.8 Å². The van der Waals surface area contributed by atoms with Crippen molar-refractivity contribution in [3.63, 3.8) is 0 Å². The highest BCUT2D eigenvalue weighted by atomic mass is 32.2. The lowest BCUT2D eigenvalue weighted by Crippen LogP contribution is -2.58. The minimum Gasteiger partial charge on any atom is -0.491 e. The maximum atomic E-state index is 14.8. The predicted octanol–water partition coefficient (Wildman–Crippen LogP) is 5.73. The molecule has 5 atom stereocenters. The number of sulfonamides is 1. The SMILES string of the molecule is CC(C)Oc1ccc(-c2cc(O[C@@H]3C[C@H]4C(=O)N[C@]5(C(=O)NS(=O)(=O)C6CC6)C[C@H]5/C=C\CCCCC[C@H](NC(=O)OC5CCCC5)C(=O)N4C3)n3nc4ccccc4c3n2)cc1. The van der Waals surface area contributed by atoms with Gasteiger partial charge in [0.2, 0.25) is 27.7 Å². The van der Waals surface area contributed by atoms with E-state index in [-0.39, 0.29) is 31.6 Å². The number of nitrogens with one attached hydrogen (secondary N) is 3. The molecule has 17 heteroatoms. The van der Waals surface area contributed by atoms with Gasteiger partial charge in [0.1, 0.15) is 35.6 Å². The van der Waals surface area contributed by atoms with Crippen molar-refractivity contribution in [2.24, 2.45) is 5.92 Å². The molecular formula is C46H55N7O9S. The average Bonchev–Trinajstić information content (AvgIpc) is 4.06. The fourth-order valence-electron chi connectivity index (χ4n) is 9.17. The monoisotopic (exact) mass is 881 g/mol. The van der Waals surface area contributed by atoms with Gasteiger partial charge in [-0.3, -0.25) is 19.1 Å². The van der Waals surface area contributed by atoms with E-state index in [2.05, 4.69) is 15.4 Å². The van der Waals surface area contributed by atoms with Crippen LogP contribution in [0.2, 0.25) is 0 Å². The Kier molecular flexibility index (Phi) is 11.8. The number of benzene rings is 2. The van der Waals surface area contributed by atoms with Crippen molar-refractivity contribution in [3.05, 3.63) is 66.7 Å². The Morgan fingerprint density at radius 2 is 1.70 bits per heavy atom. The van der Waals surface area contributed by atoms with Crippen LogP contribution < -0.4 is 24.8 Å². The molecule has 0 spiro atoms. The van der Waals surface area contributed by atoms with E-state index in [0.29, 0.717) is 54.8 Å². The zero-order chi connectivity index (χ0) is 43.9. The maximum absolute atomic E-state index is 14.8. The summed E-state index contributed by atoms with van der Waals surface area (Å²) in [4.78, 5) is 63.2. The summed E-state index contributed by atoms with van der Waals surface area (Å²) in [6, 6.07) is 14.8. The van der Waals surface area contributed by atoms with Crippen LogP contribution in [0.25, 0.3) is 27.8 Å². The molecule has 3 aliphatic carbocycles. The quantitative estimate of drug-likeness (QED) is 0.165. The first-order valence-corrected chi connectivity index (χ1v) is 24.0. The van der Waals surface area contributed by atoms with Crippen molar-refractivity contribution in [1.82, 2.24) is 34.9 Å². The summed E-state index contributed by atoms with van der Waals surface area (Å²) in [5.41, 5.74) is 1.13. The summed E-state index contributed by atoms with van der Waals surface area (Å²) in [5, 5.41) is 10.8. The molecule has 0 radical (unpaired) electrons. The van der Waals surface area contributed by atoms with Crippen molar-refractivity contribution >= 4 is 50.4 Å². The Bertz CT molecular complexity index is 2530. The van der Waals surface area contributed by atoms with Gasteiger partial charge in [-0.1, -0.05) is 37.1 Å². The van der Waals surface area contributed by atoms with E-state index in [9.17, 15) is 27.6 Å². The number of carbonyl (C=O) groups excluding carboxylic acids is 4. The number of amides is 4. The van der Waals surface area contributed by atoms with E-state index in [4.69, 9.17) is 24.3 Å². The first kappa shape index (κ1) is 42.6. The minimum atomic E-state index is -3.92. The molecule has 4 heterocycles. The lowest BCUT2D eigenvalue weighted by Gasteiger charge is -2.30. The van der Waals surface area contributed by atoms with Crippen molar-refractivity contribution in [2.75, 3.05) is 6.54 Å². The van der Waals surface area contributed by atoms with Gasteiger partial charge in [-0.05, 0) is 114 Å². The number of ether oxygens (including phenoxy) is 3. The van der Waals surface area contributed by atoms with Crippen molar-refractivity contribution in [2.45, 2.75) is 139 Å². The van der Waals surface area contributed by atoms with Crippen LogP contribution >= 0.6 is 0 Å². The molecule has 2 aromatic heterocycles. The fourth-order valence-corrected chi connectivity index (χ4v) is 10.5. The highest BCUT2D eigenvalue weighted by Crippen LogP contribution is 2.46. The third-order valence-corrected chi connectivity index (χ3v) is 14.6. The Labute approximate surface area is 366 Å². The number of allylic oxidation sites excluding steroid dienone is 1. The average molecular weight is 882 g/mol. The van der Waals surface area contributed by atoms with E-state index in [0.717, 1.165) is 55.2 Å². The van der Waals surface area contributed by atoms with Gasteiger partial charge >= 0.3 is 6.09 Å². The second-order valence-electron chi connectivity index (χ2n) is 17.9. The summed E-state index contributed by atoms with van der Waals surface area (Å²) in [7, 11) is -3.92. The first-order valence-electron chi connectivity index (χ1n) is 22.4. The molecule has 0 unspecified atom stereocenters. The van der Waals surface area contributed by atoms with Crippen LogP contribution in [0.5, 0.6) is 11.6 Å². The van der Waals surface area contributed by atoms with Gasteiger partial charge in [0.15, 0.2) is 5.65 Å². The molecule has 16 nitrogen and oxygen atoms in total. The first-order chi connectivity index (χ1) is 30.4.